The molecule has 0 N–H and O–H groups in total. The van der Waals surface area contributed by atoms with Gasteiger partial charge in [0.15, 0.2) is 0 Å². The van der Waals surface area contributed by atoms with Crippen molar-refractivity contribution in [3.05, 3.63) is 200 Å². The monoisotopic (exact) mass is 663 g/mol. The number of rotatable bonds is 6. The topological polar surface area (TPSA) is 16.4 Å². The van der Waals surface area contributed by atoms with Crippen LogP contribution in [0.25, 0.3) is 76.9 Å². The Labute approximate surface area is 302 Å². The van der Waals surface area contributed by atoms with E-state index in [0.717, 1.165) is 61.3 Å². The van der Waals surface area contributed by atoms with E-state index in [0.29, 0.717) is 0 Å². The second-order valence-electron chi connectivity index (χ2n) is 13.3. The number of fused-ring (bicyclic) bond motifs is 5. The molecule has 244 valence electrons. The summed E-state index contributed by atoms with van der Waals surface area (Å²) in [6, 6.07) is 71.6. The van der Waals surface area contributed by atoms with Crippen LogP contribution in [0, 0.1) is 0 Å². The first-order chi connectivity index (χ1) is 25.8. The van der Waals surface area contributed by atoms with Crippen molar-refractivity contribution < 1.29 is 4.42 Å². The number of nitrogens with zero attached hydrogens (tertiary/aromatic N) is 1. The lowest BCUT2D eigenvalue weighted by Crippen LogP contribution is -2.11. The van der Waals surface area contributed by atoms with Gasteiger partial charge in [-0.1, -0.05) is 164 Å². The third-order valence-corrected chi connectivity index (χ3v) is 10.2. The number of benzene rings is 9. The van der Waals surface area contributed by atoms with Gasteiger partial charge in [0.1, 0.15) is 11.2 Å². The lowest BCUT2D eigenvalue weighted by Gasteiger charge is -2.28. The van der Waals surface area contributed by atoms with Crippen LogP contribution < -0.4 is 4.90 Å². The average Bonchev–Trinajstić information content (AvgIpc) is 3.61. The molecule has 52 heavy (non-hydrogen) atoms. The molecular weight excluding hydrogens is 631 g/mol. The first kappa shape index (κ1) is 30.0. The van der Waals surface area contributed by atoms with Gasteiger partial charge in [-0.2, -0.15) is 0 Å². The van der Waals surface area contributed by atoms with Crippen LogP contribution in [0.4, 0.5) is 17.1 Å². The Kier molecular flexibility index (Phi) is 7.18. The smallest absolute Gasteiger partial charge is 0.143 e. The third-order valence-electron chi connectivity index (χ3n) is 10.2. The summed E-state index contributed by atoms with van der Waals surface area (Å²) in [6.45, 7) is 0. The zero-order valence-corrected chi connectivity index (χ0v) is 28.4. The highest BCUT2D eigenvalue weighted by Gasteiger charge is 2.21. The molecule has 0 saturated carbocycles. The highest BCUT2D eigenvalue weighted by Crippen LogP contribution is 2.46. The Balaban J connectivity index is 1.15. The van der Waals surface area contributed by atoms with Gasteiger partial charge in [-0.3, -0.25) is 0 Å². The van der Waals surface area contributed by atoms with Gasteiger partial charge >= 0.3 is 0 Å². The van der Waals surface area contributed by atoms with Crippen molar-refractivity contribution in [2.45, 2.75) is 0 Å². The van der Waals surface area contributed by atoms with E-state index in [9.17, 15) is 0 Å². The summed E-state index contributed by atoms with van der Waals surface area (Å²) in [5.74, 6) is 0. The molecule has 1 heterocycles. The third kappa shape index (κ3) is 5.12. The minimum atomic E-state index is 0.887. The lowest BCUT2D eigenvalue weighted by atomic mass is 9.98. The van der Waals surface area contributed by atoms with Crippen LogP contribution in [0.5, 0.6) is 0 Å². The van der Waals surface area contributed by atoms with E-state index in [1.54, 1.807) is 0 Å². The van der Waals surface area contributed by atoms with E-state index in [2.05, 4.69) is 205 Å². The molecule has 0 saturated heterocycles. The van der Waals surface area contributed by atoms with Crippen molar-refractivity contribution in [3.63, 3.8) is 0 Å². The number of anilines is 3. The Morgan fingerprint density at radius 3 is 1.60 bits per heavy atom. The molecule has 0 atom stereocenters. The summed E-state index contributed by atoms with van der Waals surface area (Å²) in [5.41, 5.74) is 11.8. The van der Waals surface area contributed by atoms with E-state index in [-0.39, 0.29) is 0 Å². The molecular formula is C50H33NO. The standard InChI is InChI=1S/C50H33NO/c1-2-14-37(15-3-1)43-19-10-21-46-47-22-11-20-45(50(47)52-49(43)46)44-18-8-9-23-48(44)51(42-31-28-35-13-5-7-17-39(35)33-42)41-29-26-36(27-30-41)40-25-24-34-12-4-6-16-38(34)32-40/h1-33H. The van der Waals surface area contributed by atoms with Crippen molar-refractivity contribution >= 4 is 60.5 Å². The number of hydrogen-bond donors (Lipinski definition) is 0. The molecule has 10 rings (SSSR count). The molecule has 0 bridgehead atoms. The summed E-state index contributed by atoms with van der Waals surface area (Å²) in [7, 11) is 0. The first-order valence-corrected chi connectivity index (χ1v) is 17.8. The normalized spacial score (nSPS) is 11.5. The Morgan fingerprint density at radius 2 is 0.846 bits per heavy atom. The molecule has 0 aliphatic heterocycles. The van der Waals surface area contributed by atoms with Gasteiger partial charge in [-0.25, -0.2) is 0 Å². The fourth-order valence-corrected chi connectivity index (χ4v) is 7.69. The average molecular weight is 664 g/mol. The summed E-state index contributed by atoms with van der Waals surface area (Å²) >= 11 is 0. The van der Waals surface area contributed by atoms with E-state index < -0.39 is 0 Å². The van der Waals surface area contributed by atoms with Crippen LogP contribution >= 0.6 is 0 Å². The van der Waals surface area contributed by atoms with E-state index >= 15 is 0 Å². The van der Waals surface area contributed by atoms with Crippen LogP contribution in [-0.4, -0.2) is 0 Å². The zero-order chi connectivity index (χ0) is 34.4. The van der Waals surface area contributed by atoms with Crippen molar-refractivity contribution in [3.8, 4) is 33.4 Å². The molecule has 0 amide bonds. The first-order valence-electron chi connectivity index (χ1n) is 17.8. The van der Waals surface area contributed by atoms with Crippen LogP contribution in [0.1, 0.15) is 0 Å². The minimum absolute atomic E-state index is 0.887. The van der Waals surface area contributed by atoms with E-state index in [1.807, 2.05) is 0 Å². The fraction of sp³-hybridized carbons (Fsp3) is 0. The van der Waals surface area contributed by atoms with E-state index in [4.69, 9.17) is 4.42 Å². The molecule has 0 aliphatic carbocycles. The van der Waals surface area contributed by atoms with Gasteiger partial charge in [0, 0.05) is 38.8 Å². The maximum absolute atomic E-state index is 6.90. The van der Waals surface area contributed by atoms with Crippen LogP contribution in [0.2, 0.25) is 0 Å². The van der Waals surface area contributed by atoms with Crippen molar-refractivity contribution in [2.24, 2.45) is 0 Å². The van der Waals surface area contributed by atoms with Gasteiger partial charge in [-0.05, 0) is 74.6 Å². The largest absolute Gasteiger partial charge is 0.455 e. The summed E-state index contributed by atoms with van der Waals surface area (Å²) in [5, 5.41) is 7.13. The molecule has 10 aromatic rings. The van der Waals surface area contributed by atoms with Crippen molar-refractivity contribution in [1.29, 1.82) is 0 Å². The van der Waals surface area contributed by atoms with Gasteiger partial charge in [0.05, 0.1) is 5.69 Å². The second kappa shape index (κ2) is 12.5. The van der Waals surface area contributed by atoms with Gasteiger partial charge < -0.3 is 9.32 Å². The number of furan rings is 1. The predicted molar refractivity (Wildman–Crippen MR) is 220 cm³/mol. The molecule has 0 unspecified atom stereocenters. The number of para-hydroxylation sites is 3. The zero-order valence-electron chi connectivity index (χ0n) is 28.4. The van der Waals surface area contributed by atoms with Crippen LogP contribution in [0.3, 0.4) is 0 Å². The molecule has 2 nitrogen and oxygen atoms in total. The molecule has 0 radical (unpaired) electrons. The van der Waals surface area contributed by atoms with Crippen molar-refractivity contribution in [2.75, 3.05) is 4.90 Å². The maximum atomic E-state index is 6.90. The Morgan fingerprint density at radius 1 is 0.308 bits per heavy atom. The number of hydrogen-bond acceptors (Lipinski definition) is 2. The Bertz CT molecular complexity index is 2900. The van der Waals surface area contributed by atoms with Crippen LogP contribution in [-0.2, 0) is 0 Å². The quantitative estimate of drug-likeness (QED) is 0.176. The summed E-state index contributed by atoms with van der Waals surface area (Å²) < 4.78 is 6.90. The van der Waals surface area contributed by atoms with Gasteiger partial charge in [-0.15, -0.1) is 0 Å². The molecule has 1 aromatic heterocycles. The highest BCUT2D eigenvalue weighted by atomic mass is 16.3. The molecule has 0 aliphatic rings. The minimum Gasteiger partial charge on any atom is -0.455 e. The van der Waals surface area contributed by atoms with E-state index in [1.165, 1.54) is 32.7 Å². The molecule has 0 fully saturated rings. The molecule has 9 aromatic carbocycles. The molecule has 2 heteroatoms. The maximum Gasteiger partial charge on any atom is 0.143 e. The highest BCUT2D eigenvalue weighted by molar-refractivity contribution is 6.14. The van der Waals surface area contributed by atoms with Gasteiger partial charge in [0.2, 0.25) is 0 Å². The predicted octanol–water partition coefficient (Wildman–Crippen LogP) is 14.4. The summed E-state index contributed by atoms with van der Waals surface area (Å²) in [4.78, 5) is 2.38. The summed E-state index contributed by atoms with van der Waals surface area (Å²) in [6.07, 6.45) is 0. The fourth-order valence-electron chi connectivity index (χ4n) is 7.69. The second-order valence-corrected chi connectivity index (χ2v) is 13.3. The molecule has 0 spiro atoms. The van der Waals surface area contributed by atoms with Gasteiger partial charge in [0.25, 0.3) is 0 Å². The van der Waals surface area contributed by atoms with Crippen molar-refractivity contribution in [1.82, 2.24) is 0 Å². The Hall–Kier alpha value is -6.90. The SMILES string of the molecule is c1ccc(-c2cccc3c2oc2c(-c4ccccc4N(c4ccc(-c5ccc6ccccc6c5)cc4)c4ccc5ccccc5c4)cccc23)cc1. The van der Waals surface area contributed by atoms with Crippen LogP contribution in [0.15, 0.2) is 205 Å². The lowest BCUT2D eigenvalue weighted by molar-refractivity contribution is 0.671.